The Morgan fingerprint density at radius 3 is 2.78 bits per heavy atom. The number of amides is 1. The number of carbonyl (C=O) groups is 1. The van der Waals surface area contributed by atoms with Gasteiger partial charge in [0.05, 0.1) is 12.1 Å². The molecule has 0 N–H and O–H groups in total. The van der Waals surface area contributed by atoms with Crippen LogP contribution in [0.5, 0.6) is 11.6 Å². The highest BCUT2D eigenvalue weighted by Crippen LogP contribution is 2.28. The van der Waals surface area contributed by atoms with E-state index in [9.17, 15) is 18.0 Å². The minimum absolute atomic E-state index is 0.131. The number of hydrogen-bond acceptors (Lipinski definition) is 5. The van der Waals surface area contributed by atoms with Gasteiger partial charge in [-0.15, -0.1) is 13.2 Å². The van der Waals surface area contributed by atoms with Crippen LogP contribution in [0.1, 0.15) is 29.0 Å². The van der Waals surface area contributed by atoms with E-state index in [-0.39, 0.29) is 18.2 Å². The fraction of sp³-hybridized carbons (Fsp3) is 0.389. The molecule has 0 saturated carbocycles. The third-order valence-corrected chi connectivity index (χ3v) is 4.05. The van der Waals surface area contributed by atoms with Crippen molar-refractivity contribution in [3.8, 4) is 11.6 Å². The number of benzene rings is 1. The molecular weight excluding hydrogens is 363 g/mol. The Hall–Kier alpha value is -2.84. The SMILES string of the molecule is Cc1nccc(OC2CCCN(C(=O)c3ccccc3OC(F)(F)F)C2)n1. The average molecular weight is 381 g/mol. The first-order chi connectivity index (χ1) is 12.8. The second-order valence-corrected chi connectivity index (χ2v) is 6.12. The summed E-state index contributed by atoms with van der Waals surface area (Å²) in [5.74, 6) is -0.0662. The molecule has 1 aromatic carbocycles. The largest absolute Gasteiger partial charge is 0.573 e. The number of rotatable bonds is 4. The Morgan fingerprint density at radius 2 is 2.04 bits per heavy atom. The summed E-state index contributed by atoms with van der Waals surface area (Å²) < 4.78 is 47.5. The van der Waals surface area contributed by atoms with E-state index >= 15 is 0 Å². The fourth-order valence-electron chi connectivity index (χ4n) is 2.92. The molecule has 1 unspecified atom stereocenters. The van der Waals surface area contributed by atoms with Gasteiger partial charge in [0, 0.05) is 18.8 Å². The van der Waals surface area contributed by atoms with E-state index < -0.39 is 18.0 Å². The predicted octanol–water partition coefficient (Wildman–Crippen LogP) is 3.37. The molecule has 1 aliphatic rings. The molecule has 1 aromatic heterocycles. The number of hydrogen-bond donors (Lipinski definition) is 0. The van der Waals surface area contributed by atoms with Crippen molar-refractivity contribution in [3.05, 3.63) is 47.9 Å². The molecule has 1 saturated heterocycles. The minimum Gasteiger partial charge on any atom is -0.472 e. The van der Waals surface area contributed by atoms with Crippen molar-refractivity contribution < 1.29 is 27.4 Å². The molecule has 27 heavy (non-hydrogen) atoms. The van der Waals surface area contributed by atoms with Crippen molar-refractivity contribution in [2.45, 2.75) is 32.2 Å². The first-order valence-corrected chi connectivity index (χ1v) is 8.42. The highest BCUT2D eigenvalue weighted by molar-refractivity contribution is 5.97. The molecule has 2 heterocycles. The molecule has 144 valence electrons. The van der Waals surface area contributed by atoms with Crippen molar-refractivity contribution in [2.75, 3.05) is 13.1 Å². The van der Waals surface area contributed by atoms with Gasteiger partial charge in [-0.1, -0.05) is 12.1 Å². The monoisotopic (exact) mass is 381 g/mol. The van der Waals surface area contributed by atoms with Crippen LogP contribution in [0.3, 0.4) is 0 Å². The molecule has 9 heteroatoms. The maximum Gasteiger partial charge on any atom is 0.573 e. The van der Waals surface area contributed by atoms with Crippen molar-refractivity contribution in [1.29, 1.82) is 0 Å². The summed E-state index contributed by atoms with van der Waals surface area (Å²) in [6.07, 6.45) is -2.20. The van der Waals surface area contributed by atoms with Gasteiger partial charge < -0.3 is 14.4 Å². The van der Waals surface area contributed by atoms with Crippen LogP contribution in [0.25, 0.3) is 0 Å². The molecule has 6 nitrogen and oxygen atoms in total. The number of aromatic nitrogens is 2. The molecule has 1 fully saturated rings. The highest BCUT2D eigenvalue weighted by Gasteiger charge is 2.34. The molecule has 0 spiro atoms. The van der Waals surface area contributed by atoms with Crippen molar-refractivity contribution in [3.63, 3.8) is 0 Å². The molecule has 3 rings (SSSR count). The van der Waals surface area contributed by atoms with Gasteiger partial charge >= 0.3 is 6.36 Å². The number of nitrogens with zero attached hydrogens (tertiary/aromatic N) is 3. The average Bonchev–Trinajstić information content (AvgIpc) is 2.60. The van der Waals surface area contributed by atoms with Crippen molar-refractivity contribution >= 4 is 5.91 Å². The van der Waals surface area contributed by atoms with Gasteiger partial charge in [0.2, 0.25) is 5.88 Å². The fourth-order valence-corrected chi connectivity index (χ4v) is 2.92. The van der Waals surface area contributed by atoms with Crippen LogP contribution in [-0.2, 0) is 0 Å². The van der Waals surface area contributed by atoms with E-state index in [1.54, 1.807) is 19.2 Å². The lowest BCUT2D eigenvalue weighted by Gasteiger charge is -2.33. The quantitative estimate of drug-likeness (QED) is 0.813. The summed E-state index contributed by atoms with van der Waals surface area (Å²) in [6, 6.07) is 6.96. The number of piperidine rings is 1. The van der Waals surface area contributed by atoms with Crippen LogP contribution in [0.2, 0.25) is 0 Å². The summed E-state index contributed by atoms with van der Waals surface area (Å²) in [4.78, 5) is 22.4. The third kappa shape index (κ3) is 5.08. The minimum atomic E-state index is -4.87. The zero-order valence-electron chi connectivity index (χ0n) is 14.6. The maximum atomic E-state index is 12.8. The number of halogens is 3. The van der Waals surface area contributed by atoms with Crippen LogP contribution in [0, 0.1) is 6.92 Å². The van der Waals surface area contributed by atoms with Crippen LogP contribution < -0.4 is 9.47 Å². The number of aryl methyl sites for hydroxylation is 1. The van der Waals surface area contributed by atoms with Crippen LogP contribution in [0.15, 0.2) is 36.5 Å². The van der Waals surface area contributed by atoms with E-state index in [1.807, 2.05) is 0 Å². The second-order valence-electron chi connectivity index (χ2n) is 6.12. The highest BCUT2D eigenvalue weighted by atomic mass is 19.4. The first kappa shape index (κ1) is 18.9. The Labute approximate surface area is 153 Å². The normalized spacial score (nSPS) is 17.5. The molecule has 1 amide bonds. The summed E-state index contributed by atoms with van der Waals surface area (Å²) in [6.45, 7) is 2.42. The van der Waals surface area contributed by atoms with Gasteiger partial charge in [0.15, 0.2) is 0 Å². The van der Waals surface area contributed by atoms with Crippen LogP contribution in [0.4, 0.5) is 13.2 Å². The van der Waals surface area contributed by atoms with E-state index in [2.05, 4.69) is 14.7 Å². The lowest BCUT2D eigenvalue weighted by Crippen LogP contribution is -2.44. The van der Waals surface area contributed by atoms with E-state index in [0.29, 0.717) is 31.1 Å². The molecule has 1 aliphatic heterocycles. The van der Waals surface area contributed by atoms with Gasteiger partial charge in [-0.2, -0.15) is 4.98 Å². The van der Waals surface area contributed by atoms with Gasteiger partial charge in [0.25, 0.3) is 5.91 Å². The summed E-state index contributed by atoms with van der Waals surface area (Å²) in [7, 11) is 0. The first-order valence-electron chi connectivity index (χ1n) is 8.42. The van der Waals surface area contributed by atoms with E-state index in [4.69, 9.17) is 4.74 Å². The van der Waals surface area contributed by atoms with Gasteiger partial charge in [-0.3, -0.25) is 4.79 Å². The van der Waals surface area contributed by atoms with Gasteiger partial charge in [-0.05, 0) is 31.9 Å². The van der Waals surface area contributed by atoms with Crippen LogP contribution >= 0.6 is 0 Å². The zero-order chi connectivity index (χ0) is 19.4. The second kappa shape index (κ2) is 7.81. The smallest absolute Gasteiger partial charge is 0.472 e. The third-order valence-electron chi connectivity index (χ3n) is 4.05. The maximum absolute atomic E-state index is 12.8. The predicted molar refractivity (Wildman–Crippen MR) is 89.4 cm³/mol. The molecule has 2 aromatic rings. The van der Waals surface area contributed by atoms with Gasteiger partial charge in [-0.25, -0.2) is 4.98 Å². The summed E-state index contributed by atoms with van der Waals surface area (Å²) in [5, 5.41) is 0. The molecular formula is C18H18F3N3O3. The standard InChI is InChI=1S/C18H18F3N3O3/c1-12-22-9-8-16(23-12)26-13-5-4-10-24(11-13)17(25)14-6-2-3-7-15(14)27-18(19,20)21/h2-3,6-9,13H,4-5,10-11H2,1H3. The van der Waals surface area contributed by atoms with Gasteiger partial charge in [0.1, 0.15) is 17.7 Å². The van der Waals surface area contributed by atoms with E-state index in [0.717, 1.165) is 6.07 Å². The summed E-state index contributed by atoms with van der Waals surface area (Å²) >= 11 is 0. The molecule has 0 bridgehead atoms. The number of ether oxygens (including phenoxy) is 2. The Kier molecular flexibility index (Phi) is 5.48. The number of alkyl halides is 3. The topological polar surface area (TPSA) is 64.5 Å². The molecule has 0 aliphatic carbocycles. The molecule has 1 atom stereocenters. The number of para-hydroxylation sites is 1. The Bertz CT molecular complexity index is 814. The Balaban J connectivity index is 1.72. The number of likely N-dealkylation sites (tertiary alicyclic amines) is 1. The van der Waals surface area contributed by atoms with Crippen LogP contribution in [-0.4, -0.2) is 46.3 Å². The van der Waals surface area contributed by atoms with Crippen molar-refractivity contribution in [2.24, 2.45) is 0 Å². The van der Waals surface area contributed by atoms with E-state index in [1.165, 1.54) is 23.1 Å². The number of carbonyl (C=O) groups excluding carboxylic acids is 1. The Morgan fingerprint density at radius 1 is 1.26 bits per heavy atom. The zero-order valence-corrected chi connectivity index (χ0v) is 14.6. The van der Waals surface area contributed by atoms with Crippen molar-refractivity contribution in [1.82, 2.24) is 14.9 Å². The lowest BCUT2D eigenvalue weighted by atomic mass is 10.1. The lowest BCUT2D eigenvalue weighted by molar-refractivity contribution is -0.274. The molecule has 0 radical (unpaired) electrons. The summed E-state index contributed by atoms with van der Waals surface area (Å²) in [5.41, 5.74) is -0.131.